The molecule has 25 heavy (non-hydrogen) atoms. The van der Waals surface area contributed by atoms with Crippen LogP contribution >= 0.6 is 22.9 Å². The van der Waals surface area contributed by atoms with Crippen molar-refractivity contribution in [3.05, 3.63) is 33.1 Å². The Kier molecular flexibility index (Phi) is 4.97. The molecule has 2 N–H and O–H groups in total. The number of fused-ring (bicyclic) bond motifs is 1. The zero-order valence-electron chi connectivity index (χ0n) is 13.2. The number of carbonyl (C=O) groups is 1. The topological polar surface area (TPSA) is 59.0 Å². The Balaban J connectivity index is 2.00. The highest BCUT2D eigenvalue weighted by Gasteiger charge is 2.48. The summed E-state index contributed by atoms with van der Waals surface area (Å²) in [4.78, 5) is 12.9. The van der Waals surface area contributed by atoms with Crippen LogP contribution in [0.4, 0.5) is 19.0 Å². The van der Waals surface area contributed by atoms with Gasteiger partial charge in [-0.1, -0.05) is 24.6 Å². The van der Waals surface area contributed by atoms with E-state index in [1.807, 2.05) is 6.92 Å². The highest BCUT2D eigenvalue weighted by atomic mass is 35.5. The minimum Gasteiger partial charge on any atom is -0.361 e. The van der Waals surface area contributed by atoms with Gasteiger partial charge >= 0.3 is 6.18 Å². The van der Waals surface area contributed by atoms with Crippen LogP contribution in [0.15, 0.2) is 17.5 Å². The van der Waals surface area contributed by atoms with E-state index in [1.165, 1.54) is 11.3 Å². The van der Waals surface area contributed by atoms with Crippen molar-refractivity contribution in [1.29, 1.82) is 0 Å². The Labute approximate surface area is 151 Å². The zero-order valence-corrected chi connectivity index (χ0v) is 14.8. The van der Waals surface area contributed by atoms with E-state index in [0.29, 0.717) is 13.0 Å². The molecule has 3 heterocycles. The summed E-state index contributed by atoms with van der Waals surface area (Å²) < 4.78 is 41.4. The van der Waals surface area contributed by atoms with E-state index in [9.17, 15) is 18.0 Å². The second-order valence-corrected chi connectivity index (χ2v) is 7.07. The minimum absolute atomic E-state index is 0.0234. The Bertz CT molecular complexity index is 760. The van der Waals surface area contributed by atoms with Crippen molar-refractivity contribution in [1.82, 2.24) is 15.1 Å². The summed E-state index contributed by atoms with van der Waals surface area (Å²) in [5.41, 5.74) is -0.196. The van der Waals surface area contributed by atoms with Gasteiger partial charge in [0.25, 0.3) is 5.91 Å². The Morgan fingerprint density at radius 2 is 2.32 bits per heavy atom. The highest BCUT2D eigenvalue weighted by molar-refractivity contribution is 7.10. The number of carbonyl (C=O) groups excluding carboxylic acids is 1. The lowest BCUT2D eigenvalue weighted by atomic mass is 10.0. The summed E-state index contributed by atoms with van der Waals surface area (Å²) in [6.45, 7) is 2.26. The lowest BCUT2D eigenvalue weighted by Crippen LogP contribution is -2.35. The molecule has 10 heteroatoms. The normalized spacial score (nSPS) is 20.0. The number of hydrogen-bond acceptors (Lipinski definition) is 4. The van der Waals surface area contributed by atoms with Crippen LogP contribution in [0.5, 0.6) is 0 Å². The molecule has 2 atom stereocenters. The molecule has 2 aromatic heterocycles. The summed E-state index contributed by atoms with van der Waals surface area (Å²) in [5, 5.41) is 11.2. The number of nitrogens with one attached hydrogen (secondary N) is 2. The van der Waals surface area contributed by atoms with Gasteiger partial charge in [-0.3, -0.25) is 4.79 Å². The molecule has 3 rings (SSSR count). The third-order valence-corrected chi connectivity index (χ3v) is 5.28. The summed E-state index contributed by atoms with van der Waals surface area (Å²) in [7, 11) is 0. The molecule has 0 spiro atoms. The van der Waals surface area contributed by atoms with E-state index in [-0.39, 0.29) is 23.0 Å². The molecule has 1 amide bonds. The van der Waals surface area contributed by atoms with Gasteiger partial charge < -0.3 is 10.6 Å². The number of amides is 1. The first-order valence-corrected chi connectivity index (χ1v) is 9.01. The van der Waals surface area contributed by atoms with Gasteiger partial charge in [-0.05, 0) is 17.9 Å². The molecular weight excluding hydrogens is 377 g/mol. The lowest BCUT2D eigenvalue weighted by molar-refractivity contribution is -0.173. The molecule has 0 radical (unpaired) electrons. The van der Waals surface area contributed by atoms with Gasteiger partial charge in [-0.25, -0.2) is 4.68 Å². The number of nitrogens with zero attached hydrogens (tertiary/aromatic N) is 2. The molecule has 0 aliphatic carbocycles. The van der Waals surface area contributed by atoms with Gasteiger partial charge in [0.15, 0.2) is 11.7 Å². The van der Waals surface area contributed by atoms with Crippen LogP contribution < -0.4 is 10.6 Å². The SMILES string of the molecule is CCCNC(=O)c1nn2c(c1Cl)N[C@@H](c1cccs1)C[C@H]2C(F)(F)F. The van der Waals surface area contributed by atoms with E-state index in [1.54, 1.807) is 17.5 Å². The van der Waals surface area contributed by atoms with Crippen molar-refractivity contribution in [2.75, 3.05) is 11.9 Å². The number of aromatic nitrogens is 2. The predicted octanol–water partition coefficient (Wildman–Crippen LogP) is 4.40. The van der Waals surface area contributed by atoms with E-state index in [4.69, 9.17) is 11.6 Å². The smallest absolute Gasteiger partial charge is 0.361 e. The number of anilines is 1. The number of hydrogen-bond donors (Lipinski definition) is 2. The van der Waals surface area contributed by atoms with Crippen molar-refractivity contribution in [3.63, 3.8) is 0 Å². The third kappa shape index (κ3) is 3.48. The van der Waals surface area contributed by atoms with Crippen LogP contribution in [-0.2, 0) is 0 Å². The van der Waals surface area contributed by atoms with Crippen molar-refractivity contribution in [2.24, 2.45) is 0 Å². The van der Waals surface area contributed by atoms with Crippen molar-refractivity contribution in [3.8, 4) is 0 Å². The number of rotatable bonds is 4. The standard InChI is InChI=1S/C15H16ClF3N4OS/c1-2-5-20-14(24)12-11(16)13-21-8(9-4-3-6-25-9)7-10(15(17,18)19)23(13)22-12/h3-4,6,8,10,21H,2,5,7H2,1H3,(H,20,24)/t8-,10+/m1/s1. The van der Waals surface area contributed by atoms with Gasteiger partial charge in [0, 0.05) is 17.8 Å². The minimum atomic E-state index is -4.50. The number of halogens is 4. The van der Waals surface area contributed by atoms with Gasteiger partial charge in [0.05, 0.1) is 6.04 Å². The van der Waals surface area contributed by atoms with Crippen LogP contribution in [0.2, 0.25) is 5.02 Å². The van der Waals surface area contributed by atoms with E-state index >= 15 is 0 Å². The number of thiophene rings is 1. The first kappa shape index (κ1) is 18.1. The largest absolute Gasteiger partial charge is 0.410 e. The van der Waals surface area contributed by atoms with E-state index in [2.05, 4.69) is 15.7 Å². The lowest BCUT2D eigenvalue weighted by Gasteiger charge is -2.32. The highest BCUT2D eigenvalue weighted by Crippen LogP contribution is 2.46. The molecule has 0 saturated carbocycles. The summed E-state index contributed by atoms with van der Waals surface area (Å²) in [6, 6.07) is 1.16. The van der Waals surface area contributed by atoms with Crippen LogP contribution in [0, 0.1) is 0 Å². The van der Waals surface area contributed by atoms with Crippen LogP contribution in [0.3, 0.4) is 0 Å². The number of alkyl halides is 3. The fraction of sp³-hybridized carbons (Fsp3) is 0.467. The maximum atomic E-state index is 13.6. The van der Waals surface area contributed by atoms with Gasteiger partial charge in [0.2, 0.25) is 0 Å². The van der Waals surface area contributed by atoms with Gasteiger partial charge in [-0.2, -0.15) is 18.3 Å². The first-order valence-electron chi connectivity index (χ1n) is 7.75. The summed E-state index contributed by atoms with van der Waals surface area (Å²) in [6.07, 6.45) is -4.02. The molecule has 1 aliphatic rings. The Morgan fingerprint density at radius 1 is 1.56 bits per heavy atom. The Morgan fingerprint density at radius 3 is 2.92 bits per heavy atom. The fourth-order valence-electron chi connectivity index (χ4n) is 2.73. The molecule has 5 nitrogen and oxygen atoms in total. The molecular formula is C15H16ClF3N4OS. The second-order valence-electron chi connectivity index (χ2n) is 5.72. The predicted molar refractivity (Wildman–Crippen MR) is 90.3 cm³/mol. The van der Waals surface area contributed by atoms with Gasteiger partial charge in [-0.15, -0.1) is 11.3 Å². The average molecular weight is 393 g/mol. The van der Waals surface area contributed by atoms with E-state index < -0.39 is 24.2 Å². The maximum absolute atomic E-state index is 13.6. The van der Waals surface area contributed by atoms with Crippen molar-refractivity contribution in [2.45, 2.75) is 38.0 Å². The molecule has 0 fully saturated rings. The first-order chi connectivity index (χ1) is 11.8. The summed E-state index contributed by atoms with van der Waals surface area (Å²) in [5.74, 6) is -0.556. The van der Waals surface area contributed by atoms with Crippen molar-refractivity contribution >= 4 is 34.7 Å². The van der Waals surface area contributed by atoms with Crippen LogP contribution in [-0.4, -0.2) is 28.4 Å². The van der Waals surface area contributed by atoms with E-state index in [0.717, 1.165) is 9.56 Å². The monoisotopic (exact) mass is 392 g/mol. The van der Waals surface area contributed by atoms with Crippen LogP contribution in [0.1, 0.15) is 47.2 Å². The molecule has 1 aliphatic heterocycles. The van der Waals surface area contributed by atoms with Gasteiger partial charge in [0.1, 0.15) is 10.8 Å². The molecule has 2 aromatic rings. The molecule has 136 valence electrons. The molecule has 0 saturated heterocycles. The third-order valence-electron chi connectivity index (χ3n) is 3.93. The van der Waals surface area contributed by atoms with Crippen LogP contribution in [0.25, 0.3) is 0 Å². The Hall–Kier alpha value is -1.74. The summed E-state index contributed by atoms with van der Waals surface area (Å²) >= 11 is 7.55. The van der Waals surface area contributed by atoms with Crippen molar-refractivity contribution < 1.29 is 18.0 Å². The second kappa shape index (κ2) is 6.87. The molecule has 0 aromatic carbocycles. The quantitative estimate of drug-likeness (QED) is 0.810. The molecule has 0 bridgehead atoms. The molecule has 0 unspecified atom stereocenters. The fourth-order valence-corrected chi connectivity index (χ4v) is 3.79. The zero-order chi connectivity index (χ0) is 18.2. The maximum Gasteiger partial charge on any atom is 0.410 e. The average Bonchev–Trinajstić information content (AvgIpc) is 3.19.